The van der Waals surface area contributed by atoms with E-state index in [0.29, 0.717) is 28.5 Å². The van der Waals surface area contributed by atoms with Gasteiger partial charge in [0.25, 0.3) is 5.91 Å². The monoisotopic (exact) mass is 385 g/mol. The number of furan rings is 1. The first-order valence-electron chi connectivity index (χ1n) is 8.82. The number of carbonyl (C=O) groups excluding carboxylic acids is 2. The fourth-order valence-corrected chi connectivity index (χ4v) is 4.66. The lowest BCUT2D eigenvalue weighted by atomic mass is 10.1. The molecule has 1 aliphatic rings. The third kappa shape index (κ3) is 3.08. The zero-order valence-corrected chi connectivity index (χ0v) is 15.9. The minimum absolute atomic E-state index is 0.168. The van der Waals surface area contributed by atoms with Crippen LogP contribution < -0.4 is 10.1 Å². The standard InChI is InChI=1S/C20H19NO5S/c1-3-25-13-8-4-6-11-10-14(26-17(11)13)18(22)21-19-16(20(23)24-2)12-7-5-9-15(12)27-19/h4,6,8,10H,3,5,7,9H2,1-2H3,(H,21,22). The summed E-state index contributed by atoms with van der Waals surface area (Å²) in [5.41, 5.74) is 1.99. The van der Waals surface area contributed by atoms with Gasteiger partial charge in [-0.3, -0.25) is 4.79 Å². The highest BCUT2D eigenvalue weighted by Gasteiger charge is 2.28. The summed E-state index contributed by atoms with van der Waals surface area (Å²) in [6.07, 6.45) is 2.76. The van der Waals surface area contributed by atoms with Gasteiger partial charge in [0, 0.05) is 10.3 Å². The van der Waals surface area contributed by atoms with E-state index in [1.54, 1.807) is 12.1 Å². The van der Waals surface area contributed by atoms with Crippen molar-refractivity contribution >= 4 is 39.2 Å². The molecule has 0 unspecified atom stereocenters. The number of nitrogens with one attached hydrogen (secondary N) is 1. The maximum atomic E-state index is 12.8. The van der Waals surface area contributed by atoms with E-state index in [4.69, 9.17) is 13.9 Å². The summed E-state index contributed by atoms with van der Waals surface area (Å²) in [4.78, 5) is 26.1. The molecule has 1 aromatic carbocycles. The van der Waals surface area contributed by atoms with Gasteiger partial charge in [-0.05, 0) is 43.9 Å². The highest BCUT2D eigenvalue weighted by Crippen LogP contribution is 2.40. The van der Waals surface area contributed by atoms with Gasteiger partial charge in [-0.1, -0.05) is 12.1 Å². The first-order valence-corrected chi connectivity index (χ1v) is 9.63. The lowest BCUT2D eigenvalue weighted by Gasteiger charge is -2.05. The molecule has 4 rings (SSSR count). The topological polar surface area (TPSA) is 77.8 Å². The van der Waals surface area contributed by atoms with Crippen LogP contribution in [-0.2, 0) is 17.6 Å². The summed E-state index contributed by atoms with van der Waals surface area (Å²) < 4.78 is 16.2. The predicted molar refractivity (Wildman–Crippen MR) is 103 cm³/mol. The molecule has 1 amide bonds. The van der Waals surface area contributed by atoms with Crippen molar-refractivity contribution in [2.75, 3.05) is 19.0 Å². The summed E-state index contributed by atoms with van der Waals surface area (Å²) in [6, 6.07) is 7.18. The third-order valence-corrected chi connectivity index (χ3v) is 5.78. The van der Waals surface area contributed by atoms with E-state index in [9.17, 15) is 9.59 Å². The summed E-state index contributed by atoms with van der Waals surface area (Å²) in [6.45, 7) is 2.39. The number of thiophene rings is 1. The molecule has 2 aromatic heterocycles. The van der Waals surface area contributed by atoms with Crippen LogP contribution in [0, 0.1) is 0 Å². The molecule has 0 saturated carbocycles. The van der Waals surface area contributed by atoms with Crippen molar-refractivity contribution in [1.82, 2.24) is 0 Å². The first-order chi connectivity index (χ1) is 13.1. The number of ether oxygens (including phenoxy) is 2. The number of rotatable bonds is 5. The zero-order valence-electron chi connectivity index (χ0n) is 15.1. The number of hydrogen-bond donors (Lipinski definition) is 1. The average molecular weight is 385 g/mol. The molecule has 1 N–H and O–H groups in total. The Morgan fingerprint density at radius 1 is 1.30 bits per heavy atom. The van der Waals surface area contributed by atoms with Crippen molar-refractivity contribution in [1.29, 1.82) is 0 Å². The fourth-order valence-electron chi connectivity index (χ4n) is 3.39. The second-order valence-electron chi connectivity index (χ2n) is 6.23. The third-order valence-electron chi connectivity index (χ3n) is 4.57. The number of carbonyl (C=O) groups is 2. The SMILES string of the molecule is CCOc1cccc2cc(C(=O)Nc3sc4c(c3C(=O)OC)CCC4)oc12. The molecule has 0 fully saturated rings. The van der Waals surface area contributed by atoms with Crippen molar-refractivity contribution in [3.05, 3.63) is 46.0 Å². The molecule has 140 valence electrons. The highest BCUT2D eigenvalue weighted by molar-refractivity contribution is 7.17. The molecule has 0 aliphatic heterocycles. The molecule has 0 spiro atoms. The Morgan fingerprint density at radius 3 is 2.93 bits per heavy atom. The number of anilines is 1. The van der Waals surface area contributed by atoms with E-state index < -0.39 is 11.9 Å². The van der Waals surface area contributed by atoms with Crippen molar-refractivity contribution in [3.8, 4) is 5.75 Å². The van der Waals surface area contributed by atoms with Crippen LogP contribution in [0.15, 0.2) is 28.7 Å². The second kappa shape index (κ2) is 7.08. The van der Waals surface area contributed by atoms with E-state index in [1.165, 1.54) is 18.4 Å². The van der Waals surface area contributed by atoms with Gasteiger partial charge >= 0.3 is 5.97 Å². The Hall–Kier alpha value is -2.80. The molecule has 7 heteroatoms. The number of benzene rings is 1. The van der Waals surface area contributed by atoms with E-state index in [0.717, 1.165) is 35.1 Å². The molecule has 27 heavy (non-hydrogen) atoms. The molecule has 6 nitrogen and oxygen atoms in total. The van der Waals surface area contributed by atoms with Gasteiger partial charge in [0.05, 0.1) is 19.3 Å². The van der Waals surface area contributed by atoms with Crippen LogP contribution in [0.1, 0.15) is 44.7 Å². The average Bonchev–Trinajstić information content (AvgIpc) is 3.35. The van der Waals surface area contributed by atoms with Crippen LogP contribution in [0.25, 0.3) is 11.0 Å². The van der Waals surface area contributed by atoms with Crippen molar-refractivity contribution in [2.24, 2.45) is 0 Å². The van der Waals surface area contributed by atoms with E-state index in [-0.39, 0.29) is 5.76 Å². The lowest BCUT2D eigenvalue weighted by Crippen LogP contribution is -2.14. The van der Waals surface area contributed by atoms with Crippen LogP contribution in [0.2, 0.25) is 0 Å². The van der Waals surface area contributed by atoms with Crippen LogP contribution in [0.5, 0.6) is 5.75 Å². The largest absolute Gasteiger partial charge is 0.490 e. The van der Waals surface area contributed by atoms with E-state index >= 15 is 0 Å². The Bertz CT molecular complexity index is 1030. The number of amides is 1. The van der Waals surface area contributed by atoms with Crippen molar-refractivity contribution < 1.29 is 23.5 Å². The molecule has 3 aromatic rings. The Balaban J connectivity index is 1.66. The van der Waals surface area contributed by atoms with Crippen LogP contribution in [0.4, 0.5) is 5.00 Å². The summed E-state index contributed by atoms with van der Waals surface area (Å²) in [7, 11) is 1.35. The normalized spacial score (nSPS) is 12.8. The quantitative estimate of drug-likeness (QED) is 0.658. The van der Waals surface area contributed by atoms with Crippen molar-refractivity contribution in [2.45, 2.75) is 26.2 Å². The highest BCUT2D eigenvalue weighted by atomic mass is 32.1. The summed E-state index contributed by atoms with van der Waals surface area (Å²) in [5.74, 6) is -0.0624. The lowest BCUT2D eigenvalue weighted by molar-refractivity contribution is 0.0601. The molecule has 2 heterocycles. The number of methoxy groups -OCH3 is 1. The van der Waals surface area contributed by atoms with Gasteiger partial charge in [0.1, 0.15) is 5.00 Å². The van der Waals surface area contributed by atoms with Crippen molar-refractivity contribution in [3.63, 3.8) is 0 Å². The first kappa shape index (κ1) is 17.6. The predicted octanol–water partition coefficient (Wildman–Crippen LogP) is 4.42. The molecular formula is C20H19NO5S. The number of hydrogen-bond acceptors (Lipinski definition) is 6. The maximum absolute atomic E-state index is 12.8. The fraction of sp³-hybridized carbons (Fsp3) is 0.300. The van der Waals surface area contributed by atoms with E-state index in [2.05, 4.69) is 5.32 Å². The molecule has 0 saturated heterocycles. The second-order valence-corrected chi connectivity index (χ2v) is 7.33. The van der Waals surface area contributed by atoms with E-state index in [1.807, 2.05) is 19.1 Å². The van der Waals surface area contributed by atoms with Gasteiger partial charge in [-0.25, -0.2) is 4.79 Å². The number of para-hydroxylation sites is 1. The van der Waals surface area contributed by atoms with Gasteiger partial charge in [0.2, 0.25) is 0 Å². The number of esters is 1. The minimum atomic E-state index is -0.423. The Labute approximate surface area is 160 Å². The Kier molecular flexibility index (Phi) is 4.61. The Morgan fingerprint density at radius 2 is 2.15 bits per heavy atom. The summed E-state index contributed by atoms with van der Waals surface area (Å²) in [5, 5.41) is 4.13. The van der Waals surface area contributed by atoms with Crippen LogP contribution >= 0.6 is 11.3 Å². The van der Waals surface area contributed by atoms with Gasteiger partial charge in [0.15, 0.2) is 17.1 Å². The zero-order chi connectivity index (χ0) is 19.0. The molecular weight excluding hydrogens is 366 g/mol. The summed E-state index contributed by atoms with van der Waals surface area (Å²) >= 11 is 1.43. The van der Waals surface area contributed by atoms with Gasteiger partial charge < -0.3 is 19.2 Å². The van der Waals surface area contributed by atoms with Gasteiger partial charge in [-0.15, -0.1) is 11.3 Å². The molecule has 0 radical (unpaired) electrons. The molecule has 0 atom stereocenters. The maximum Gasteiger partial charge on any atom is 0.341 e. The smallest absolute Gasteiger partial charge is 0.341 e. The van der Waals surface area contributed by atoms with Crippen LogP contribution in [-0.4, -0.2) is 25.6 Å². The number of aryl methyl sites for hydroxylation is 1. The molecule has 1 aliphatic carbocycles. The number of fused-ring (bicyclic) bond motifs is 2. The van der Waals surface area contributed by atoms with Crippen LogP contribution in [0.3, 0.4) is 0 Å². The molecule has 0 bridgehead atoms. The minimum Gasteiger partial charge on any atom is -0.490 e. The van der Waals surface area contributed by atoms with Gasteiger partial charge in [-0.2, -0.15) is 0 Å².